The van der Waals surface area contributed by atoms with Crippen LogP contribution in [0.4, 0.5) is 0 Å². The number of hydrogen-bond acceptors (Lipinski definition) is 5. The van der Waals surface area contributed by atoms with Gasteiger partial charge in [0.15, 0.2) is 0 Å². The van der Waals surface area contributed by atoms with Gasteiger partial charge in [-0.3, -0.25) is 9.59 Å². The predicted octanol–water partition coefficient (Wildman–Crippen LogP) is 4.80. The molecule has 34 heavy (non-hydrogen) atoms. The molecule has 1 rings (SSSR count). The zero-order valence-electron chi connectivity index (χ0n) is 23.5. The fourth-order valence-electron chi connectivity index (χ4n) is 3.70. The Labute approximate surface area is 209 Å². The van der Waals surface area contributed by atoms with E-state index in [1.165, 1.54) is 56.5 Å². The highest BCUT2D eigenvalue weighted by atomic mass is 16.5. The molecule has 0 radical (unpaired) electrons. The molecular formula is C27H53N3O4. The highest BCUT2D eigenvalue weighted by Gasteiger charge is 2.22. The number of esters is 1. The summed E-state index contributed by atoms with van der Waals surface area (Å²) >= 11 is 0. The topological polar surface area (TPSA) is 79.0 Å². The average molecular weight is 484 g/mol. The second kappa shape index (κ2) is 21.6. The molecule has 1 unspecified atom stereocenters. The minimum atomic E-state index is -0.384. The summed E-state index contributed by atoms with van der Waals surface area (Å²) in [5, 5.41) is 2.34. The smallest absolute Gasteiger partial charge is 0.333 e. The van der Waals surface area contributed by atoms with E-state index in [1.54, 1.807) is 27.0 Å². The van der Waals surface area contributed by atoms with Crippen LogP contribution in [0.3, 0.4) is 0 Å². The van der Waals surface area contributed by atoms with Crippen LogP contribution in [-0.4, -0.2) is 73.5 Å². The second-order valence-electron chi connectivity index (χ2n) is 9.25. The lowest BCUT2D eigenvalue weighted by atomic mass is 10.00. The zero-order chi connectivity index (χ0) is 26.5. The Morgan fingerprint density at radius 3 is 2.06 bits per heavy atom. The lowest BCUT2D eigenvalue weighted by Gasteiger charge is -2.32. The SMILES string of the molecule is CCC.CCCC(C)N1CCCCC1.CCOC(=O)/C(C)=C/[C@H](C(C)C)N(C)C(=O)CNC=O. The highest BCUT2D eigenvalue weighted by Crippen LogP contribution is 2.15. The Bertz CT molecular complexity index is 572. The molecule has 0 spiro atoms. The van der Waals surface area contributed by atoms with E-state index in [9.17, 15) is 14.4 Å². The van der Waals surface area contributed by atoms with Gasteiger partial charge in [-0.25, -0.2) is 4.79 Å². The Morgan fingerprint density at radius 2 is 1.62 bits per heavy atom. The van der Waals surface area contributed by atoms with Gasteiger partial charge in [-0.1, -0.05) is 60.0 Å². The molecule has 0 aliphatic carbocycles. The van der Waals surface area contributed by atoms with Gasteiger partial charge in [0.1, 0.15) is 0 Å². The van der Waals surface area contributed by atoms with Crippen molar-refractivity contribution in [2.75, 3.05) is 33.3 Å². The van der Waals surface area contributed by atoms with Crippen molar-refractivity contribution in [3.05, 3.63) is 11.6 Å². The summed E-state index contributed by atoms with van der Waals surface area (Å²) in [5.41, 5.74) is 0.466. The van der Waals surface area contributed by atoms with E-state index < -0.39 is 0 Å². The maximum absolute atomic E-state index is 11.9. The molecule has 1 aliphatic rings. The van der Waals surface area contributed by atoms with Crippen molar-refractivity contribution >= 4 is 18.3 Å². The summed E-state index contributed by atoms with van der Waals surface area (Å²) < 4.78 is 4.92. The maximum Gasteiger partial charge on any atom is 0.333 e. The van der Waals surface area contributed by atoms with Gasteiger partial charge >= 0.3 is 5.97 Å². The molecule has 0 saturated carbocycles. The monoisotopic (exact) mass is 483 g/mol. The molecule has 0 bridgehead atoms. The molecule has 200 valence electrons. The van der Waals surface area contributed by atoms with Crippen molar-refractivity contribution in [1.29, 1.82) is 0 Å². The molecule has 1 fully saturated rings. The van der Waals surface area contributed by atoms with Crippen LogP contribution in [0.2, 0.25) is 0 Å². The van der Waals surface area contributed by atoms with Crippen molar-refractivity contribution < 1.29 is 19.1 Å². The first kappa shape index (κ1) is 34.3. The molecule has 0 aromatic carbocycles. The van der Waals surface area contributed by atoms with E-state index in [0.29, 0.717) is 18.6 Å². The third-order valence-electron chi connectivity index (χ3n) is 5.60. The van der Waals surface area contributed by atoms with E-state index >= 15 is 0 Å². The summed E-state index contributed by atoms with van der Waals surface area (Å²) in [6, 6.07) is 0.598. The van der Waals surface area contributed by atoms with Gasteiger partial charge in [0.25, 0.3) is 0 Å². The van der Waals surface area contributed by atoms with Gasteiger partial charge in [-0.15, -0.1) is 0 Å². The standard InChI is InChI=1S/C14H24N2O4.C10H21N.C3H8/c1-6-20-14(19)11(4)7-12(10(2)3)16(5)13(18)8-15-9-17;1-3-7-10(2)11-8-5-4-6-9-11;1-3-2/h7,9-10,12H,6,8H2,1-5H3,(H,15,17);10H,3-9H2,1-2H3;3H2,1-2H3/b11-7+;;/t12-;;/m1../s1. The summed E-state index contributed by atoms with van der Waals surface area (Å²) in [5.74, 6) is -0.474. The molecule has 2 atom stereocenters. The first-order chi connectivity index (χ1) is 16.1. The van der Waals surface area contributed by atoms with E-state index in [2.05, 4.69) is 37.9 Å². The Morgan fingerprint density at radius 1 is 1.06 bits per heavy atom. The van der Waals surface area contributed by atoms with Crippen molar-refractivity contribution in [1.82, 2.24) is 15.1 Å². The lowest BCUT2D eigenvalue weighted by molar-refractivity contribution is -0.138. The number of likely N-dealkylation sites (tertiary alicyclic amines) is 1. The van der Waals surface area contributed by atoms with Crippen LogP contribution >= 0.6 is 0 Å². The van der Waals surface area contributed by atoms with E-state index in [1.807, 2.05) is 13.8 Å². The average Bonchev–Trinajstić information content (AvgIpc) is 2.82. The Kier molecular flexibility index (Phi) is 21.8. The number of rotatable bonds is 11. The van der Waals surface area contributed by atoms with Crippen LogP contribution in [0.15, 0.2) is 11.6 Å². The van der Waals surface area contributed by atoms with Gasteiger partial charge < -0.3 is 19.9 Å². The number of piperidine rings is 1. The number of nitrogens with zero attached hydrogens (tertiary/aromatic N) is 2. The quantitative estimate of drug-likeness (QED) is 0.259. The van der Waals surface area contributed by atoms with Gasteiger partial charge in [0.05, 0.1) is 19.2 Å². The van der Waals surface area contributed by atoms with E-state index in [-0.39, 0.29) is 30.4 Å². The third-order valence-corrected chi connectivity index (χ3v) is 5.60. The largest absolute Gasteiger partial charge is 0.463 e. The highest BCUT2D eigenvalue weighted by molar-refractivity contribution is 5.88. The Hall–Kier alpha value is -1.89. The van der Waals surface area contributed by atoms with Crippen LogP contribution < -0.4 is 5.32 Å². The molecule has 0 aromatic rings. The molecule has 1 aliphatic heterocycles. The van der Waals surface area contributed by atoms with Gasteiger partial charge in [-0.05, 0) is 59.0 Å². The Balaban J connectivity index is 0. The number of amides is 2. The number of carbonyl (C=O) groups is 3. The van der Waals surface area contributed by atoms with Gasteiger partial charge in [0, 0.05) is 18.7 Å². The zero-order valence-corrected chi connectivity index (χ0v) is 23.5. The normalized spacial score (nSPS) is 15.6. The first-order valence-electron chi connectivity index (χ1n) is 13.1. The second-order valence-corrected chi connectivity index (χ2v) is 9.25. The van der Waals surface area contributed by atoms with Gasteiger partial charge in [-0.2, -0.15) is 0 Å². The molecule has 1 heterocycles. The van der Waals surface area contributed by atoms with Crippen molar-refractivity contribution in [2.24, 2.45) is 5.92 Å². The lowest BCUT2D eigenvalue weighted by Crippen LogP contribution is -2.43. The number of nitrogens with one attached hydrogen (secondary N) is 1. The van der Waals surface area contributed by atoms with Crippen LogP contribution in [0.1, 0.15) is 93.9 Å². The molecule has 0 aromatic heterocycles. The molecule has 2 amide bonds. The van der Waals surface area contributed by atoms with Crippen molar-refractivity contribution in [3.63, 3.8) is 0 Å². The summed E-state index contributed by atoms with van der Waals surface area (Å²) in [6.07, 6.45) is 10.5. The minimum Gasteiger partial charge on any atom is -0.463 e. The minimum absolute atomic E-state index is 0.0600. The van der Waals surface area contributed by atoms with E-state index in [4.69, 9.17) is 4.74 Å². The van der Waals surface area contributed by atoms with Crippen molar-refractivity contribution in [2.45, 2.75) is 106 Å². The fraction of sp³-hybridized carbons (Fsp3) is 0.815. The first-order valence-corrected chi connectivity index (χ1v) is 13.1. The number of hydrogen-bond donors (Lipinski definition) is 1. The van der Waals surface area contributed by atoms with Crippen LogP contribution in [0.25, 0.3) is 0 Å². The number of ether oxygens (including phenoxy) is 1. The third kappa shape index (κ3) is 15.9. The fourth-order valence-corrected chi connectivity index (χ4v) is 3.70. The van der Waals surface area contributed by atoms with Crippen molar-refractivity contribution in [3.8, 4) is 0 Å². The molecule has 7 heteroatoms. The predicted molar refractivity (Wildman–Crippen MR) is 142 cm³/mol. The molecule has 1 saturated heterocycles. The van der Waals surface area contributed by atoms with E-state index in [0.717, 1.165) is 6.04 Å². The van der Waals surface area contributed by atoms with Gasteiger partial charge in [0.2, 0.25) is 12.3 Å². The van der Waals surface area contributed by atoms with Crippen LogP contribution in [-0.2, 0) is 19.1 Å². The summed E-state index contributed by atoms with van der Waals surface area (Å²) in [6.45, 7) is 19.2. The molecule has 1 N–H and O–H groups in total. The summed E-state index contributed by atoms with van der Waals surface area (Å²) in [4.78, 5) is 37.9. The molecular weight excluding hydrogens is 430 g/mol. The summed E-state index contributed by atoms with van der Waals surface area (Å²) in [7, 11) is 1.65. The molecule has 7 nitrogen and oxygen atoms in total. The van der Waals surface area contributed by atoms with Crippen LogP contribution in [0.5, 0.6) is 0 Å². The number of carbonyl (C=O) groups excluding carboxylic acids is 3. The maximum atomic E-state index is 11.9. The number of likely N-dealkylation sites (N-methyl/N-ethyl adjacent to an activating group) is 1. The van der Waals surface area contributed by atoms with Crippen LogP contribution in [0, 0.1) is 5.92 Å².